The van der Waals surface area contributed by atoms with Crippen LogP contribution in [0.4, 0.5) is 16.2 Å². The molecule has 5 heteroatoms. The summed E-state index contributed by atoms with van der Waals surface area (Å²) < 4.78 is 0. The highest BCUT2D eigenvalue weighted by atomic mass is 16.2. The fraction of sp³-hybridized carbons (Fsp3) is 0.368. The second-order valence-corrected chi connectivity index (χ2v) is 6.39. The number of pyridine rings is 1. The SMILES string of the molecule is CC(C)c1cccc(NC(=O)N2CCN(c3ccncc3)CC2)c1. The zero-order valence-corrected chi connectivity index (χ0v) is 14.3. The number of hydrogen-bond donors (Lipinski definition) is 1. The molecule has 0 unspecified atom stereocenters. The van der Waals surface area contributed by atoms with Crippen molar-refractivity contribution in [2.75, 3.05) is 36.4 Å². The summed E-state index contributed by atoms with van der Waals surface area (Å²) in [6.07, 6.45) is 3.60. The van der Waals surface area contributed by atoms with E-state index in [1.165, 1.54) is 5.56 Å². The quantitative estimate of drug-likeness (QED) is 0.939. The first-order valence-corrected chi connectivity index (χ1v) is 8.44. The zero-order valence-electron chi connectivity index (χ0n) is 14.3. The zero-order chi connectivity index (χ0) is 16.9. The van der Waals surface area contributed by atoms with Gasteiger partial charge in [0.05, 0.1) is 0 Å². The van der Waals surface area contributed by atoms with Crippen LogP contribution in [0.25, 0.3) is 0 Å². The molecule has 0 saturated carbocycles. The smallest absolute Gasteiger partial charge is 0.321 e. The van der Waals surface area contributed by atoms with Gasteiger partial charge in [-0.3, -0.25) is 4.98 Å². The van der Waals surface area contributed by atoms with Crippen LogP contribution in [-0.2, 0) is 0 Å². The molecule has 0 spiro atoms. The molecule has 24 heavy (non-hydrogen) atoms. The van der Waals surface area contributed by atoms with Crippen LogP contribution in [0, 0.1) is 0 Å². The van der Waals surface area contributed by atoms with E-state index in [0.717, 1.165) is 37.6 Å². The minimum atomic E-state index is -0.0229. The van der Waals surface area contributed by atoms with Crippen molar-refractivity contribution in [3.63, 3.8) is 0 Å². The molecule has 5 nitrogen and oxygen atoms in total. The number of nitrogens with zero attached hydrogens (tertiary/aromatic N) is 3. The third-order valence-corrected chi connectivity index (χ3v) is 4.40. The van der Waals surface area contributed by atoms with E-state index in [0.29, 0.717) is 5.92 Å². The van der Waals surface area contributed by atoms with Crippen molar-refractivity contribution in [1.82, 2.24) is 9.88 Å². The molecule has 1 saturated heterocycles. The van der Waals surface area contributed by atoms with Gasteiger partial charge in [0.1, 0.15) is 0 Å². The summed E-state index contributed by atoms with van der Waals surface area (Å²) in [6.45, 7) is 7.42. The number of carbonyl (C=O) groups excluding carboxylic acids is 1. The van der Waals surface area contributed by atoms with Crippen molar-refractivity contribution in [3.8, 4) is 0 Å². The van der Waals surface area contributed by atoms with Crippen LogP contribution in [0.1, 0.15) is 25.3 Å². The molecule has 2 heterocycles. The van der Waals surface area contributed by atoms with Crippen molar-refractivity contribution in [2.24, 2.45) is 0 Å². The number of carbonyl (C=O) groups is 1. The maximum absolute atomic E-state index is 12.5. The van der Waals surface area contributed by atoms with Gasteiger partial charge in [-0.05, 0) is 35.7 Å². The number of rotatable bonds is 3. The van der Waals surface area contributed by atoms with Crippen LogP contribution in [0.5, 0.6) is 0 Å². The highest BCUT2D eigenvalue weighted by molar-refractivity contribution is 5.89. The standard InChI is InChI=1S/C19H24N4O/c1-15(2)16-4-3-5-17(14-16)21-19(24)23-12-10-22(11-13-23)18-6-8-20-9-7-18/h3-9,14-15H,10-13H2,1-2H3,(H,21,24). The van der Waals surface area contributed by atoms with Crippen molar-refractivity contribution >= 4 is 17.4 Å². The van der Waals surface area contributed by atoms with Gasteiger partial charge < -0.3 is 15.1 Å². The number of piperazine rings is 1. The summed E-state index contributed by atoms with van der Waals surface area (Å²) in [6, 6.07) is 12.1. The molecule has 0 atom stereocenters. The lowest BCUT2D eigenvalue weighted by atomic mass is 10.0. The summed E-state index contributed by atoms with van der Waals surface area (Å²) in [4.78, 5) is 20.7. The molecule has 1 N–H and O–H groups in total. The molecule has 0 aliphatic carbocycles. The Bertz CT molecular complexity index is 679. The molecule has 0 bridgehead atoms. The Labute approximate surface area is 143 Å². The molecule has 2 aromatic rings. The predicted octanol–water partition coefficient (Wildman–Crippen LogP) is 3.56. The number of anilines is 2. The lowest BCUT2D eigenvalue weighted by Crippen LogP contribution is -2.50. The Kier molecular flexibility index (Phi) is 4.99. The average molecular weight is 324 g/mol. The second kappa shape index (κ2) is 7.34. The normalized spacial score (nSPS) is 14.8. The van der Waals surface area contributed by atoms with E-state index < -0.39 is 0 Å². The number of amides is 2. The van der Waals surface area contributed by atoms with Gasteiger partial charge in [-0.15, -0.1) is 0 Å². The monoisotopic (exact) mass is 324 g/mol. The van der Waals surface area contributed by atoms with Gasteiger partial charge in [-0.25, -0.2) is 4.79 Å². The highest BCUT2D eigenvalue weighted by Gasteiger charge is 2.21. The Balaban J connectivity index is 1.56. The summed E-state index contributed by atoms with van der Waals surface area (Å²) in [5.41, 5.74) is 3.26. The Morgan fingerprint density at radius 1 is 1.08 bits per heavy atom. The van der Waals surface area contributed by atoms with Crippen molar-refractivity contribution in [2.45, 2.75) is 19.8 Å². The van der Waals surface area contributed by atoms with Crippen LogP contribution in [-0.4, -0.2) is 42.1 Å². The predicted molar refractivity (Wildman–Crippen MR) is 97.6 cm³/mol. The highest BCUT2D eigenvalue weighted by Crippen LogP contribution is 2.19. The third kappa shape index (κ3) is 3.85. The van der Waals surface area contributed by atoms with Gasteiger partial charge in [-0.2, -0.15) is 0 Å². The molecule has 3 rings (SSSR count). The van der Waals surface area contributed by atoms with Crippen LogP contribution >= 0.6 is 0 Å². The lowest BCUT2D eigenvalue weighted by Gasteiger charge is -2.36. The van der Waals surface area contributed by atoms with E-state index in [1.54, 1.807) is 12.4 Å². The van der Waals surface area contributed by atoms with Crippen LogP contribution in [0.2, 0.25) is 0 Å². The summed E-state index contributed by atoms with van der Waals surface area (Å²) in [5.74, 6) is 0.450. The summed E-state index contributed by atoms with van der Waals surface area (Å²) in [5, 5.41) is 3.02. The molecule has 0 radical (unpaired) electrons. The molecule has 1 aromatic heterocycles. The lowest BCUT2D eigenvalue weighted by molar-refractivity contribution is 0.208. The van der Waals surface area contributed by atoms with Crippen LogP contribution in [0.15, 0.2) is 48.8 Å². The molecule has 126 valence electrons. The van der Waals surface area contributed by atoms with Gasteiger partial charge in [-0.1, -0.05) is 26.0 Å². The third-order valence-electron chi connectivity index (χ3n) is 4.40. The molecule has 1 aliphatic rings. The van der Waals surface area contributed by atoms with Crippen molar-refractivity contribution in [1.29, 1.82) is 0 Å². The Hall–Kier alpha value is -2.56. The van der Waals surface area contributed by atoms with E-state index in [4.69, 9.17) is 0 Å². The first-order chi connectivity index (χ1) is 11.6. The van der Waals surface area contributed by atoms with E-state index in [1.807, 2.05) is 29.2 Å². The average Bonchev–Trinajstić information content (AvgIpc) is 2.63. The van der Waals surface area contributed by atoms with Gasteiger partial charge in [0.2, 0.25) is 0 Å². The molecular weight excluding hydrogens is 300 g/mol. The molecule has 2 amide bonds. The molecular formula is C19H24N4O. The number of hydrogen-bond acceptors (Lipinski definition) is 3. The molecule has 1 aromatic carbocycles. The first kappa shape index (κ1) is 16.3. The van der Waals surface area contributed by atoms with Crippen molar-refractivity contribution in [3.05, 3.63) is 54.4 Å². The Morgan fingerprint density at radius 2 is 1.79 bits per heavy atom. The largest absolute Gasteiger partial charge is 0.368 e. The maximum Gasteiger partial charge on any atom is 0.321 e. The van der Waals surface area contributed by atoms with Crippen LogP contribution in [0.3, 0.4) is 0 Å². The van der Waals surface area contributed by atoms with E-state index in [2.05, 4.69) is 41.2 Å². The van der Waals surface area contributed by atoms with E-state index in [9.17, 15) is 4.79 Å². The summed E-state index contributed by atoms with van der Waals surface area (Å²) >= 11 is 0. The number of urea groups is 1. The van der Waals surface area contributed by atoms with Crippen LogP contribution < -0.4 is 10.2 Å². The second-order valence-electron chi connectivity index (χ2n) is 6.39. The first-order valence-electron chi connectivity index (χ1n) is 8.44. The minimum absolute atomic E-state index is 0.0229. The van der Waals surface area contributed by atoms with Gasteiger partial charge >= 0.3 is 6.03 Å². The molecule has 1 aliphatic heterocycles. The Morgan fingerprint density at radius 3 is 2.46 bits per heavy atom. The fourth-order valence-corrected chi connectivity index (χ4v) is 2.90. The maximum atomic E-state index is 12.5. The number of nitrogens with one attached hydrogen (secondary N) is 1. The topological polar surface area (TPSA) is 48.5 Å². The van der Waals surface area contributed by atoms with E-state index in [-0.39, 0.29) is 6.03 Å². The van der Waals surface area contributed by atoms with Gasteiger partial charge in [0.25, 0.3) is 0 Å². The van der Waals surface area contributed by atoms with E-state index >= 15 is 0 Å². The number of benzene rings is 1. The van der Waals surface area contributed by atoms with Gasteiger partial charge in [0.15, 0.2) is 0 Å². The fourth-order valence-electron chi connectivity index (χ4n) is 2.90. The van der Waals surface area contributed by atoms with Gasteiger partial charge in [0, 0.05) is 49.9 Å². The minimum Gasteiger partial charge on any atom is -0.368 e. The summed E-state index contributed by atoms with van der Waals surface area (Å²) in [7, 11) is 0. The van der Waals surface area contributed by atoms with Crippen molar-refractivity contribution < 1.29 is 4.79 Å². The molecule has 1 fully saturated rings. The number of aromatic nitrogens is 1.